The van der Waals surface area contributed by atoms with Crippen molar-refractivity contribution in [1.82, 2.24) is 14.8 Å². The molecule has 2 heterocycles. The number of aromatic carboxylic acids is 1. The molecule has 1 saturated carbocycles. The smallest absolute Gasteiger partial charge is 0.355 e. The van der Waals surface area contributed by atoms with Gasteiger partial charge in [-0.05, 0) is 31.0 Å². The maximum Gasteiger partial charge on any atom is 0.355 e. The summed E-state index contributed by atoms with van der Waals surface area (Å²) < 4.78 is 28.9. The number of hydrogen-bond donors (Lipinski definition) is 2. The van der Waals surface area contributed by atoms with E-state index in [9.17, 15) is 18.3 Å². The summed E-state index contributed by atoms with van der Waals surface area (Å²) in [4.78, 5) is 15.4. The van der Waals surface area contributed by atoms with Crippen molar-refractivity contribution in [1.29, 1.82) is 0 Å². The van der Waals surface area contributed by atoms with Crippen LogP contribution in [0.15, 0.2) is 53.9 Å². The van der Waals surface area contributed by atoms with Crippen LogP contribution >= 0.6 is 11.3 Å². The van der Waals surface area contributed by atoms with Gasteiger partial charge in [-0.1, -0.05) is 30.3 Å². The second-order valence-electron chi connectivity index (χ2n) is 7.03. The van der Waals surface area contributed by atoms with Crippen LogP contribution < -0.4 is 4.72 Å². The highest BCUT2D eigenvalue weighted by Gasteiger charge is 2.35. The van der Waals surface area contributed by atoms with Crippen LogP contribution in [0.5, 0.6) is 0 Å². The Balaban J connectivity index is 1.67. The van der Waals surface area contributed by atoms with Gasteiger partial charge in [0.15, 0.2) is 5.69 Å². The average molecular weight is 441 g/mol. The molecular weight excluding hydrogens is 424 g/mol. The van der Waals surface area contributed by atoms with Crippen molar-refractivity contribution >= 4 is 43.9 Å². The molecule has 2 N–H and O–H groups in total. The normalized spacial score (nSPS) is 14.1. The highest BCUT2D eigenvalue weighted by molar-refractivity contribution is 7.93. The first-order valence-electron chi connectivity index (χ1n) is 9.21. The van der Waals surface area contributed by atoms with Gasteiger partial charge in [-0.2, -0.15) is 5.10 Å². The lowest BCUT2D eigenvalue weighted by molar-refractivity contribution is 0.0691. The van der Waals surface area contributed by atoms with Crippen molar-refractivity contribution in [3.63, 3.8) is 0 Å². The minimum atomic E-state index is -3.41. The van der Waals surface area contributed by atoms with Gasteiger partial charge in [-0.25, -0.2) is 22.9 Å². The third kappa shape index (κ3) is 3.33. The number of thiazole rings is 1. The van der Waals surface area contributed by atoms with Gasteiger partial charge in [0.2, 0.25) is 15.2 Å². The minimum absolute atomic E-state index is 0.0644. The Morgan fingerprint density at radius 3 is 2.60 bits per heavy atom. The summed E-state index contributed by atoms with van der Waals surface area (Å²) >= 11 is 1.16. The van der Waals surface area contributed by atoms with Gasteiger partial charge in [0.05, 0.1) is 16.5 Å². The summed E-state index contributed by atoms with van der Waals surface area (Å²) in [5, 5.41) is 16.2. The second kappa shape index (κ2) is 6.92. The van der Waals surface area contributed by atoms with Crippen molar-refractivity contribution in [2.75, 3.05) is 4.72 Å². The molecule has 10 heteroatoms. The van der Waals surface area contributed by atoms with Crippen molar-refractivity contribution in [3.8, 4) is 16.4 Å². The van der Waals surface area contributed by atoms with Crippen LogP contribution in [0.2, 0.25) is 0 Å². The zero-order valence-electron chi connectivity index (χ0n) is 15.5. The number of nitrogens with one attached hydrogen (secondary N) is 1. The van der Waals surface area contributed by atoms with Gasteiger partial charge in [0.1, 0.15) is 5.69 Å². The molecule has 0 atom stereocenters. The first-order chi connectivity index (χ1) is 14.4. The Kier molecular flexibility index (Phi) is 4.33. The average Bonchev–Trinajstić information content (AvgIpc) is 3.37. The Labute approximate surface area is 175 Å². The van der Waals surface area contributed by atoms with E-state index in [0.29, 0.717) is 34.9 Å². The van der Waals surface area contributed by atoms with Gasteiger partial charge < -0.3 is 5.11 Å². The molecule has 1 aliphatic carbocycles. The fourth-order valence-electron chi connectivity index (χ4n) is 3.22. The molecule has 1 aliphatic rings. The number of nitrogens with zero attached hydrogens (tertiary/aromatic N) is 3. The van der Waals surface area contributed by atoms with Crippen LogP contribution in [0.3, 0.4) is 0 Å². The SMILES string of the molecule is O=C(O)c1csc(-n2nc(-c3ccccc3)c3ccc(NS(=O)(=O)C4CC4)cc32)n1. The van der Waals surface area contributed by atoms with Crippen molar-refractivity contribution in [2.45, 2.75) is 18.1 Å². The summed E-state index contributed by atoms with van der Waals surface area (Å²) in [6.45, 7) is 0. The zero-order chi connectivity index (χ0) is 20.9. The molecule has 2 aromatic heterocycles. The maximum absolute atomic E-state index is 12.3. The number of aromatic nitrogens is 3. The van der Waals surface area contributed by atoms with Gasteiger partial charge in [0.25, 0.3) is 0 Å². The monoisotopic (exact) mass is 440 g/mol. The summed E-state index contributed by atoms with van der Waals surface area (Å²) in [6.07, 6.45) is 1.34. The Hall–Kier alpha value is -3.24. The van der Waals surface area contributed by atoms with Crippen LogP contribution in [0.1, 0.15) is 23.3 Å². The lowest BCUT2D eigenvalue weighted by atomic mass is 10.1. The molecule has 0 aliphatic heterocycles. The molecular formula is C20H16N4O4S2. The number of rotatable bonds is 6. The highest BCUT2D eigenvalue weighted by Crippen LogP contribution is 2.34. The predicted octanol–water partition coefficient (Wildman–Crippen LogP) is 3.75. The number of hydrogen-bond acceptors (Lipinski definition) is 6. The summed E-state index contributed by atoms with van der Waals surface area (Å²) in [5.74, 6) is -1.12. The molecule has 0 unspecified atom stereocenters. The molecule has 0 radical (unpaired) electrons. The third-order valence-corrected chi connectivity index (χ3v) is 7.53. The van der Waals surface area contributed by atoms with E-state index in [0.717, 1.165) is 22.3 Å². The molecule has 0 bridgehead atoms. The molecule has 152 valence electrons. The first kappa shape index (κ1) is 18.8. The van der Waals surface area contributed by atoms with Crippen LogP contribution in [-0.2, 0) is 10.0 Å². The van der Waals surface area contributed by atoms with Crippen molar-refractivity contribution in [2.24, 2.45) is 0 Å². The van der Waals surface area contributed by atoms with Crippen molar-refractivity contribution < 1.29 is 18.3 Å². The van der Waals surface area contributed by atoms with E-state index in [4.69, 9.17) is 0 Å². The van der Waals surface area contributed by atoms with Crippen LogP contribution in [-0.4, -0.2) is 39.5 Å². The number of carboxylic acid groups (broad SMARTS) is 1. The van der Waals surface area contributed by atoms with Gasteiger partial charge in [-0.15, -0.1) is 11.3 Å². The topological polar surface area (TPSA) is 114 Å². The molecule has 30 heavy (non-hydrogen) atoms. The molecule has 0 spiro atoms. The van der Waals surface area contributed by atoms with Gasteiger partial charge in [-0.3, -0.25) is 4.72 Å². The summed E-state index contributed by atoms with van der Waals surface area (Å²) in [5.41, 5.74) is 2.60. The van der Waals surface area contributed by atoms with E-state index in [1.165, 1.54) is 5.38 Å². The molecule has 8 nitrogen and oxygen atoms in total. The first-order valence-corrected chi connectivity index (χ1v) is 11.6. The Bertz CT molecular complexity index is 1370. The van der Waals surface area contributed by atoms with E-state index in [1.54, 1.807) is 16.8 Å². The number of benzene rings is 2. The standard InChI is InChI=1S/C20H16N4O4S2/c25-19(26)16-11-29-20(21-16)24-17-10-13(23-30(27,28)14-7-8-14)6-9-15(17)18(22-24)12-4-2-1-3-5-12/h1-6,9-11,14,23H,7-8H2,(H,25,26). The predicted molar refractivity (Wildman–Crippen MR) is 115 cm³/mol. The van der Waals surface area contributed by atoms with E-state index < -0.39 is 16.0 Å². The van der Waals surface area contributed by atoms with Crippen molar-refractivity contribution in [3.05, 3.63) is 59.6 Å². The third-order valence-electron chi connectivity index (χ3n) is 4.84. The second-order valence-corrected chi connectivity index (χ2v) is 9.82. The quantitative estimate of drug-likeness (QED) is 0.472. The molecule has 5 rings (SSSR count). The number of sulfonamides is 1. The van der Waals surface area contributed by atoms with E-state index in [-0.39, 0.29) is 10.9 Å². The molecule has 4 aromatic rings. The van der Waals surface area contributed by atoms with E-state index >= 15 is 0 Å². The molecule has 0 amide bonds. The zero-order valence-corrected chi connectivity index (χ0v) is 17.2. The van der Waals surface area contributed by atoms with Crippen LogP contribution in [0.4, 0.5) is 5.69 Å². The van der Waals surface area contributed by atoms with Gasteiger partial charge >= 0.3 is 5.97 Å². The van der Waals surface area contributed by atoms with Crippen LogP contribution in [0, 0.1) is 0 Å². The van der Waals surface area contributed by atoms with E-state index in [2.05, 4.69) is 14.8 Å². The number of carboxylic acids is 1. The lowest BCUT2D eigenvalue weighted by Gasteiger charge is -2.07. The Morgan fingerprint density at radius 2 is 1.93 bits per heavy atom. The van der Waals surface area contributed by atoms with E-state index in [1.807, 2.05) is 36.4 Å². The summed E-state index contributed by atoms with van der Waals surface area (Å²) in [7, 11) is -3.41. The minimum Gasteiger partial charge on any atom is -0.476 e. The summed E-state index contributed by atoms with van der Waals surface area (Å²) in [6, 6.07) is 14.8. The Morgan fingerprint density at radius 1 is 1.17 bits per heavy atom. The number of fused-ring (bicyclic) bond motifs is 1. The molecule has 1 fully saturated rings. The lowest BCUT2D eigenvalue weighted by Crippen LogP contribution is -2.17. The van der Waals surface area contributed by atoms with Crippen LogP contribution in [0.25, 0.3) is 27.3 Å². The fourth-order valence-corrected chi connectivity index (χ4v) is 5.36. The largest absolute Gasteiger partial charge is 0.476 e. The maximum atomic E-state index is 12.3. The molecule has 0 saturated heterocycles. The highest BCUT2D eigenvalue weighted by atomic mass is 32.2. The fraction of sp³-hybridized carbons (Fsp3) is 0.150. The number of anilines is 1. The number of carbonyl (C=O) groups is 1. The van der Waals surface area contributed by atoms with Gasteiger partial charge in [0, 0.05) is 16.3 Å². The molecule has 2 aromatic carbocycles.